The summed E-state index contributed by atoms with van der Waals surface area (Å²) >= 11 is 0. The van der Waals surface area contributed by atoms with Gasteiger partial charge in [0.25, 0.3) is 0 Å². The lowest BCUT2D eigenvalue weighted by Gasteiger charge is -2.22. The van der Waals surface area contributed by atoms with Gasteiger partial charge in [0.05, 0.1) is 5.69 Å². The molecule has 22 heavy (non-hydrogen) atoms. The zero-order valence-corrected chi connectivity index (χ0v) is 12.7. The van der Waals surface area contributed by atoms with E-state index in [0.717, 1.165) is 0 Å². The van der Waals surface area contributed by atoms with E-state index in [1.165, 1.54) is 30.3 Å². The number of hydrogen-bond acceptors (Lipinski definition) is 6. The molecular formula is C15H20N2O5. The van der Waals surface area contributed by atoms with Crippen LogP contribution in [0, 0.1) is 0 Å². The Morgan fingerprint density at radius 1 is 1.32 bits per heavy atom. The SMILES string of the molecule is CC(C)(C)OC(=O)NCC(O)C(O)c1ccc(N=C=O)cc1. The van der Waals surface area contributed by atoms with Gasteiger partial charge in [-0.1, -0.05) is 12.1 Å². The predicted molar refractivity (Wildman–Crippen MR) is 79.4 cm³/mol. The molecule has 0 saturated heterocycles. The van der Waals surface area contributed by atoms with E-state index in [0.29, 0.717) is 11.3 Å². The van der Waals surface area contributed by atoms with Gasteiger partial charge in [0.2, 0.25) is 6.08 Å². The standard InChI is InChI=1S/C15H20N2O5/c1-15(2,3)22-14(21)16-8-12(19)13(20)10-4-6-11(7-5-10)17-9-18/h4-7,12-13,19-20H,8H2,1-3H3,(H,16,21). The van der Waals surface area contributed by atoms with Crippen molar-refractivity contribution in [3.8, 4) is 0 Å². The number of aliphatic hydroxyl groups excluding tert-OH is 2. The third-order valence-electron chi connectivity index (χ3n) is 2.63. The lowest BCUT2D eigenvalue weighted by atomic mass is 10.0. The van der Waals surface area contributed by atoms with Gasteiger partial charge in [0.1, 0.15) is 17.8 Å². The summed E-state index contributed by atoms with van der Waals surface area (Å²) in [6.45, 7) is 5.01. The topological polar surface area (TPSA) is 108 Å². The number of hydrogen-bond donors (Lipinski definition) is 3. The number of nitrogens with zero attached hydrogens (tertiary/aromatic N) is 1. The molecule has 0 saturated carbocycles. The third-order valence-corrected chi connectivity index (χ3v) is 2.63. The van der Waals surface area contributed by atoms with Crippen LogP contribution in [0.2, 0.25) is 0 Å². The minimum atomic E-state index is -1.20. The molecule has 3 N–H and O–H groups in total. The highest BCUT2D eigenvalue weighted by Gasteiger charge is 2.21. The zero-order chi connectivity index (χ0) is 16.8. The van der Waals surface area contributed by atoms with Crippen LogP contribution in [0.1, 0.15) is 32.4 Å². The number of carbonyl (C=O) groups excluding carboxylic acids is 2. The molecule has 7 heteroatoms. The fourth-order valence-electron chi connectivity index (χ4n) is 1.63. The number of isocyanates is 1. The number of benzene rings is 1. The van der Waals surface area contributed by atoms with Crippen LogP contribution in [0.25, 0.3) is 0 Å². The van der Waals surface area contributed by atoms with Crippen molar-refractivity contribution in [2.75, 3.05) is 6.54 Å². The summed E-state index contributed by atoms with van der Waals surface area (Å²) in [7, 11) is 0. The van der Waals surface area contributed by atoms with Crippen molar-refractivity contribution in [1.29, 1.82) is 0 Å². The lowest BCUT2D eigenvalue weighted by molar-refractivity contribution is 0.0129. The van der Waals surface area contributed by atoms with E-state index >= 15 is 0 Å². The van der Waals surface area contributed by atoms with Crippen LogP contribution in [0.15, 0.2) is 29.3 Å². The fraction of sp³-hybridized carbons (Fsp3) is 0.467. The van der Waals surface area contributed by atoms with Crippen molar-refractivity contribution in [2.24, 2.45) is 4.99 Å². The van der Waals surface area contributed by atoms with Crippen molar-refractivity contribution in [1.82, 2.24) is 5.32 Å². The van der Waals surface area contributed by atoms with Gasteiger partial charge in [-0.25, -0.2) is 9.59 Å². The first-order chi connectivity index (χ1) is 10.2. The monoisotopic (exact) mass is 308 g/mol. The molecule has 1 amide bonds. The van der Waals surface area contributed by atoms with Crippen LogP contribution < -0.4 is 5.32 Å². The Morgan fingerprint density at radius 3 is 2.41 bits per heavy atom. The van der Waals surface area contributed by atoms with E-state index in [1.807, 2.05) is 0 Å². The molecular weight excluding hydrogens is 288 g/mol. The molecule has 0 fully saturated rings. The molecule has 1 aromatic rings. The molecule has 0 heterocycles. The molecule has 0 aliphatic heterocycles. The summed E-state index contributed by atoms with van der Waals surface area (Å²) in [5.41, 5.74) is 0.193. The van der Waals surface area contributed by atoms with Crippen LogP contribution >= 0.6 is 0 Å². The Bertz CT molecular complexity index is 544. The first kappa shape index (κ1) is 17.8. The number of nitrogens with one attached hydrogen (secondary N) is 1. The van der Waals surface area contributed by atoms with E-state index < -0.39 is 23.9 Å². The summed E-state index contributed by atoms with van der Waals surface area (Å²) in [6.07, 6.45) is -1.65. The fourth-order valence-corrected chi connectivity index (χ4v) is 1.63. The molecule has 1 rings (SSSR count). The second kappa shape index (κ2) is 7.70. The maximum atomic E-state index is 11.5. The summed E-state index contributed by atoms with van der Waals surface area (Å²) in [5.74, 6) is 0. The predicted octanol–water partition coefficient (Wildman–Crippen LogP) is 1.57. The summed E-state index contributed by atoms with van der Waals surface area (Å²) in [4.78, 5) is 25.0. The molecule has 120 valence electrons. The number of ether oxygens (including phenoxy) is 1. The largest absolute Gasteiger partial charge is 0.444 e. The smallest absolute Gasteiger partial charge is 0.407 e. The Balaban J connectivity index is 2.56. The highest BCUT2D eigenvalue weighted by atomic mass is 16.6. The number of rotatable bonds is 5. The van der Waals surface area contributed by atoms with Crippen molar-refractivity contribution < 1.29 is 24.5 Å². The highest BCUT2D eigenvalue weighted by Crippen LogP contribution is 2.20. The van der Waals surface area contributed by atoms with Crippen LogP contribution in [0.5, 0.6) is 0 Å². The number of aliphatic imine (C=N–C) groups is 1. The van der Waals surface area contributed by atoms with Gasteiger partial charge in [-0.2, -0.15) is 4.99 Å². The van der Waals surface area contributed by atoms with Crippen molar-refractivity contribution >= 4 is 17.9 Å². The van der Waals surface area contributed by atoms with Gasteiger partial charge >= 0.3 is 6.09 Å². The summed E-state index contributed by atoms with van der Waals surface area (Å²) < 4.78 is 5.02. The molecule has 0 aromatic heterocycles. The lowest BCUT2D eigenvalue weighted by Crippen LogP contribution is -2.38. The van der Waals surface area contributed by atoms with E-state index in [4.69, 9.17) is 4.74 Å². The molecule has 0 aliphatic carbocycles. The van der Waals surface area contributed by atoms with Gasteiger partial charge in [-0.05, 0) is 38.5 Å². The van der Waals surface area contributed by atoms with Gasteiger partial charge in [-0.15, -0.1) is 0 Å². The Kier molecular flexibility index (Phi) is 6.24. The normalized spacial score (nSPS) is 13.7. The number of amides is 1. The van der Waals surface area contributed by atoms with Gasteiger partial charge in [-0.3, -0.25) is 0 Å². The quantitative estimate of drug-likeness (QED) is 0.565. The first-order valence-electron chi connectivity index (χ1n) is 6.74. The van der Waals surface area contributed by atoms with Gasteiger partial charge in [0.15, 0.2) is 0 Å². The minimum absolute atomic E-state index is 0.162. The first-order valence-corrected chi connectivity index (χ1v) is 6.74. The molecule has 0 aliphatic rings. The number of carbonyl (C=O) groups is 1. The molecule has 2 unspecified atom stereocenters. The maximum absolute atomic E-state index is 11.5. The molecule has 0 bridgehead atoms. The van der Waals surface area contributed by atoms with E-state index in [-0.39, 0.29) is 6.54 Å². The zero-order valence-electron chi connectivity index (χ0n) is 12.7. The average molecular weight is 308 g/mol. The molecule has 0 radical (unpaired) electrons. The van der Waals surface area contributed by atoms with Gasteiger partial charge in [0, 0.05) is 6.54 Å². The highest BCUT2D eigenvalue weighted by molar-refractivity contribution is 5.67. The van der Waals surface area contributed by atoms with Crippen LogP contribution in [-0.2, 0) is 9.53 Å². The van der Waals surface area contributed by atoms with Crippen molar-refractivity contribution in [3.63, 3.8) is 0 Å². The third kappa shape index (κ3) is 6.05. The van der Waals surface area contributed by atoms with Crippen molar-refractivity contribution in [3.05, 3.63) is 29.8 Å². The summed E-state index contributed by atoms with van der Waals surface area (Å²) in [5, 5.41) is 22.3. The van der Waals surface area contributed by atoms with Gasteiger partial charge < -0.3 is 20.3 Å². The molecule has 0 spiro atoms. The maximum Gasteiger partial charge on any atom is 0.407 e. The molecule has 7 nitrogen and oxygen atoms in total. The Morgan fingerprint density at radius 2 is 1.91 bits per heavy atom. The van der Waals surface area contributed by atoms with E-state index in [9.17, 15) is 19.8 Å². The second-order valence-corrected chi connectivity index (χ2v) is 5.69. The van der Waals surface area contributed by atoms with E-state index in [2.05, 4.69) is 10.3 Å². The van der Waals surface area contributed by atoms with Crippen LogP contribution in [0.3, 0.4) is 0 Å². The number of aliphatic hydroxyl groups is 2. The molecule has 2 atom stereocenters. The van der Waals surface area contributed by atoms with Crippen molar-refractivity contribution in [2.45, 2.75) is 38.6 Å². The molecule has 1 aromatic carbocycles. The summed E-state index contributed by atoms with van der Waals surface area (Å²) in [6, 6.07) is 6.07. The second-order valence-electron chi connectivity index (χ2n) is 5.69. The van der Waals surface area contributed by atoms with Crippen LogP contribution in [-0.4, -0.2) is 40.6 Å². The number of alkyl carbamates (subject to hydrolysis) is 1. The Labute approximate surface area is 128 Å². The van der Waals surface area contributed by atoms with Crippen LogP contribution in [0.4, 0.5) is 10.5 Å². The van der Waals surface area contributed by atoms with E-state index in [1.54, 1.807) is 20.8 Å². The minimum Gasteiger partial charge on any atom is -0.444 e. The Hall–Kier alpha value is -2.21. The average Bonchev–Trinajstić information content (AvgIpc) is 2.43.